The summed E-state index contributed by atoms with van der Waals surface area (Å²) < 4.78 is 14.2. The van der Waals surface area contributed by atoms with Crippen LogP contribution in [0.15, 0.2) is 167 Å². The normalized spacial score (nSPS) is 15.7. The lowest BCUT2D eigenvalue weighted by Crippen LogP contribution is -2.30. The van der Waals surface area contributed by atoms with Gasteiger partial charge in [0.05, 0.1) is 0 Å². The summed E-state index contributed by atoms with van der Waals surface area (Å²) >= 11 is 7.12. The highest BCUT2D eigenvalue weighted by molar-refractivity contribution is 9.10. The van der Waals surface area contributed by atoms with Gasteiger partial charge in [-0.2, -0.15) is 0 Å². The van der Waals surface area contributed by atoms with Gasteiger partial charge in [0, 0.05) is 47.8 Å². The monoisotopic (exact) mass is 982 g/mol. The molecule has 0 radical (unpaired) electrons. The number of hydrogen-bond donors (Lipinski definition) is 2. The molecule has 2 saturated heterocycles. The fraction of sp³-hybridized carbons (Fsp3) is 0.286. The SMILES string of the molecule is CN1CCCC1COc1ccc(/C(=C(/CCCO)c2ccccc2)c2ccc(Br)cc2)cc1.OCCC/C(=C(\c1ccc(Br)cc1)c1ccc(OCCN2CC2)cc1)c1ccccc1. The first-order valence-electron chi connectivity index (χ1n) is 22.6. The molecule has 8 rings (SSSR count). The molecule has 8 heteroatoms. The summed E-state index contributed by atoms with van der Waals surface area (Å²) in [6.07, 6.45) is 5.51. The Morgan fingerprint density at radius 3 is 1.34 bits per heavy atom. The van der Waals surface area contributed by atoms with E-state index in [0.29, 0.717) is 6.04 Å². The number of ether oxygens (including phenoxy) is 2. The Bertz CT molecular complexity index is 2380. The van der Waals surface area contributed by atoms with Crippen molar-refractivity contribution in [1.82, 2.24) is 9.80 Å². The van der Waals surface area contributed by atoms with E-state index in [1.54, 1.807) is 0 Å². The number of allylic oxidation sites excluding steroid dienone is 2. The Kier molecular flexibility index (Phi) is 18.0. The zero-order valence-electron chi connectivity index (χ0n) is 36.8. The van der Waals surface area contributed by atoms with Gasteiger partial charge in [-0.1, -0.05) is 141 Å². The molecule has 0 aliphatic carbocycles. The smallest absolute Gasteiger partial charge is 0.119 e. The van der Waals surface area contributed by atoms with Gasteiger partial charge in [-0.15, -0.1) is 0 Å². The van der Waals surface area contributed by atoms with Crippen molar-refractivity contribution in [2.24, 2.45) is 0 Å². The average Bonchev–Trinajstić information content (AvgIpc) is 4.08. The minimum Gasteiger partial charge on any atom is -0.492 e. The maximum Gasteiger partial charge on any atom is 0.119 e. The highest BCUT2D eigenvalue weighted by Gasteiger charge is 2.22. The van der Waals surface area contributed by atoms with E-state index in [4.69, 9.17) is 9.47 Å². The van der Waals surface area contributed by atoms with Crippen molar-refractivity contribution in [2.75, 3.05) is 59.7 Å². The van der Waals surface area contributed by atoms with Gasteiger partial charge in [-0.3, -0.25) is 4.90 Å². The first-order chi connectivity index (χ1) is 31.4. The molecule has 0 amide bonds. The highest BCUT2D eigenvalue weighted by Crippen LogP contribution is 2.38. The Balaban J connectivity index is 0.000000192. The third kappa shape index (κ3) is 13.6. The Labute approximate surface area is 397 Å². The minimum absolute atomic E-state index is 0.173. The van der Waals surface area contributed by atoms with Crippen LogP contribution in [0.25, 0.3) is 22.3 Å². The predicted molar refractivity (Wildman–Crippen MR) is 272 cm³/mol. The van der Waals surface area contributed by atoms with E-state index in [0.717, 1.165) is 94.7 Å². The minimum atomic E-state index is 0.173. The summed E-state index contributed by atoms with van der Waals surface area (Å²) in [6, 6.07) is 55.3. The topological polar surface area (TPSA) is 65.2 Å². The van der Waals surface area contributed by atoms with Crippen LogP contribution in [0.5, 0.6) is 11.5 Å². The third-order valence-electron chi connectivity index (χ3n) is 11.9. The number of halogens is 2. The molecule has 1 unspecified atom stereocenters. The number of benzene rings is 6. The molecular formula is C56H60Br2N2O4. The van der Waals surface area contributed by atoms with Crippen LogP contribution < -0.4 is 9.47 Å². The lowest BCUT2D eigenvalue weighted by molar-refractivity contribution is 0.198. The molecule has 1 atom stereocenters. The number of aliphatic hydroxyl groups is 2. The molecule has 332 valence electrons. The summed E-state index contributed by atoms with van der Waals surface area (Å²) in [6.45, 7) is 6.34. The van der Waals surface area contributed by atoms with Crippen LogP contribution in [0.2, 0.25) is 0 Å². The van der Waals surface area contributed by atoms with Crippen molar-refractivity contribution < 1.29 is 19.7 Å². The lowest BCUT2D eigenvalue weighted by Gasteiger charge is -2.20. The predicted octanol–water partition coefficient (Wildman–Crippen LogP) is 12.5. The summed E-state index contributed by atoms with van der Waals surface area (Å²) in [5.74, 6) is 1.81. The molecule has 2 aliphatic heterocycles. The lowest BCUT2D eigenvalue weighted by atomic mass is 9.87. The molecule has 2 N–H and O–H groups in total. The second-order valence-corrected chi connectivity index (χ2v) is 18.3. The van der Waals surface area contributed by atoms with Crippen LogP contribution in [0.3, 0.4) is 0 Å². The van der Waals surface area contributed by atoms with Crippen molar-refractivity contribution >= 4 is 54.2 Å². The van der Waals surface area contributed by atoms with E-state index in [9.17, 15) is 10.2 Å². The van der Waals surface area contributed by atoms with Gasteiger partial charge in [0.1, 0.15) is 24.7 Å². The van der Waals surface area contributed by atoms with Crippen LogP contribution in [0.1, 0.15) is 71.9 Å². The summed E-state index contributed by atoms with van der Waals surface area (Å²) in [5, 5.41) is 19.1. The first kappa shape index (κ1) is 47.2. The second-order valence-electron chi connectivity index (χ2n) is 16.4. The molecule has 0 saturated carbocycles. The molecule has 6 nitrogen and oxygen atoms in total. The van der Waals surface area contributed by atoms with Crippen LogP contribution in [-0.4, -0.2) is 85.7 Å². The van der Waals surface area contributed by atoms with Crippen molar-refractivity contribution in [3.63, 3.8) is 0 Å². The third-order valence-corrected chi connectivity index (χ3v) is 13.0. The molecule has 0 bridgehead atoms. The molecule has 2 fully saturated rings. The largest absolute Gasteiger partial charge is 0.492 e. The Morgan fingerprint density at radius 1 is 0.531 bits per heavy atom. The van der Waals surface area contributed by atoms with Crippen molar-refractivity contribution in [3.8, 4) is 11.5 Å². The van der Waals surface area contributed by atoms with Gasteiger partial charge in [0.15, 0.2) is 0 Å². The van der Waals surface area contributed by atoms with Crippen molar-refractivity contribution in [2.45, 2.75) is 44.6 Å². The second kappa shape index (κ2) is 24.5. The quantitative estimate of drug-likeness (QED) is 0.0623. The van der Waals surface area contributed by atoms with E-state index in [1.807, 2.05) is 12.1 Å². The van der Waals surface area contributed by atoms with Gasteiger partial charge in [0.25, 0.3) is 0 Å². The average molecular weight is 985 g/mol. The molecule has 2 heterocycles. The fourth-order valence-electron chi connectivity index (χ4n) is 8.29. The van der Waals surface area contributed by atoms with Crippen LogP contribution in [-0.2, 0) is 0 Å². The van der Waals surface area contributed by atoms with E-state index in [-0.39, 0.29) is 13.2 Å². The number of hydrogen-bond acceptors (Lipinski definition) is 6. The Hall–Kier alpha value is -4.80. The summed E-state index contributed by atoms with van der Waals surface area (Å²) in [5.41, 5.74) is 11.9. The van der Waals surface area contributed by atoms with Gasteiger partial charge in [0.2, 0.25) is 0 Å². The molecular weight excluding hydrogens is 924 g/mol. The van der Waals surface area contributed by atoms with Gasteiger partial charge < -0.3 is 24.6 Å². The molecule has 0 aromatic heterocycles. The van der Waals surface area contributed by atoms with Gasteiger partial charge in [-0.25, -0.2) is 0 Å². The molecule has 2 aliphatic rings. The fourth-order valence-corrected chi connectivity index (χ4v) is 8.81. The van der Waals surface area contributed by atoms with Gasteiger partial charge >= 0.3 is 0 Å². The number of likely N-dealkylation sites (tertiary alicyclic amines) is 1. The number of likely N-dealkylation sites (N-methyl/N-ethyl adjacent to an activating group) is 1. The zero-order valence-corrected chi connectivity index (χ0v) is 40.0. The maximum atomic E-state index is 9.58. The molecule has 6 aromatic rings. The standard InChI is InChI=1S/C29H32BrNO2.C27H28BrNO2/c1-31-19-5-9-26(31)21-33-27-17-13-24(14-18-27)29(23-11-15-25(30)16-12-23)28(10-6-20-32)22-7-3-2-4-8-22;28-24-12-8-22(9-13-24)27(26(7-4-19-30)21-5-2-1-3-6-21)23-10-14-25(15-11-23)31-20-18-29-16-17-29/h2-4,7-8,11-18,26,32H,5-6,9-10,19-21H2,1H3;1-3,5-6,8-15,30H,4,7,16-20H2/b29-28-;27-26-. The van der Waals surface area contributed by atoms with E-state index < -0.39 is 0 Å². The number of nitrogens with zero attached hydrogens (tertiary/aromatic N) is 2. The zero-order chi connectivity index (χ0) is 44.5. The summed E-state index contributed by atoms with van der Waals surface area (Å²) in [7, 11) is 2.18. The molecule has 64 heavy (non-hydrogen) atoms. The molecule has 0 spiro atoms. The van der Waals surface area contributed by atoms with Crippen LogP contribution in [0, 0.1) is 0 Å². The maximum absolute atomic E-state index is 9.58. The van der Waals surface area contributed by atoms with Crippen molar-refractivity contribution in [3.05, 3.63) is 200 Å². The van der Waals surface area contributed by atoms with E-state index >= 15 is 0 Å². The van der Waals surface area contributed by atoms with Crippen LogP contribution in [0.4, 0.5) is 0 Å². The Morgan fingerprint density at radius 2 is 0.953 bits per heavy atom. The first-order valence-corrected chi connectivity index (χ1v) is 24.2. The number of rotatable bonds is 19. The molecule has 6 aromatic carbocycles. The summed E-state index contributed by atoms with van der Waals surface area (Å²) in [4.78, 5) is 4.74. The number of aliphatic hydroxyl groups excluding tert-OH is 2. The van der Waals surface area contributed by atoms with Crippen molar-refractivity contribution in [1.29, 1.82) is 0 Å². The van der Waals surface area contributed by atoms with E-state index in [2.05, 4.69) is 194 Å². The van der Waals surface area contributed by atoms with Crippen LogP contribution >= 0.6 is 31.9 Å². The van der Waals surface area contributed by atoms with Gasteiger partial charge in [-0.05, 0) is 156 Å². The van der Waals surface area contributed by atoms with E-state index in [1.165, 1.54) is 59.4 Å². The highest BCUT2D eigenvalue weighted by atomic mass is 79.9.